The minimum absolute atomic E-state index is 0.544. The molecule has 0 aromatic rings. The van der Waals surface area contributed by atoms with E-state index in [9.17, 15) is 0 Å². The number of hydrogen-bond acceptors (Lipinski definition) is 4. The van der Waals surface area contributed by atoms with E-state index in [1.54, 1.807) is 20.8 Å². The second kappa shape index (κ2) is 4.81. The molecule has 0 fully saturated rings. The average molecular weight is 194 g/mol. The molecule has 0 aromatic heterocycles. The quantitative estimate of drug-likeness (QED) is 0.502. The molecule has 0 rings (SSSR count). The fourth-order valence-corrected chi connectivity index (χ4v) is 1.79. The van der Waals surface area contributed by atoms with E-state index in [-0.39, 0.29) is 0 Å². The van der Waals surface area contributed by atoms with Crippen LogP contribution in [0, 0.1) is 0 Å². The van der Waals surface area contributed by atoms with E-state index < -0.39 is 8.80 Å². The zero-order valence-electron chi connectivity index (χ0n) is 7.34. The van der Waals surface area contributed by atoms with Crippen LogP contribution in [0.5, 0.6) is 0 Å². The molecular formula is C6H14O3SSi. The van der Waals surface area contributed by atoms with Crippen molar-refractivity contribution >= 4 is 26.1 Å². The van der Waals surface area contributed by atoms with Crippen LogP contribution < -0.4 is 0 Å². The van der Waals surface area contributed by atoms with E-state index in [1.807, 2.05) is 6.92 Å². The molecule has 0 heterocycles. The summed E-state index contributed by atoms with van der Waals surface area (Å²) >= 11 is 4.89. The summed E-state index contributed by atoms with van der Waals surface area (Å²) < 4.78 is 15.4. The highest BCUT2D eigenvalue weighted by molar-refractivity contribution is 7.80. The molecule has 0 aromatic carbocycles. The van der Waals surface area contributed by atoms with Crippen molar-refractivity contribution in [3.8, 4) is 0 Å². The Kier molecular flexibility index (Phi) is 4.83. The van der Waals surface area contributed by atoms with E-state index in [0.717, 1.165) is 0 Å². The van der Waals surface area contributed by atoms with E-state index in [1.165, 1.54) is 0 Å². The van der Waals surface area contributed by atoms with Crippen LogP contribution in [-0.4, -0.2) is 28.1 Å². The van der Waals surface area contributed by atoms with Gasteiger partial charge in [-0.15, -0.1) is 0 Å². The SMILES string of the molecule is CCC(=S)O[Si](C)(OC)OC. The molecule has 0 aliphatic rings. The maximum atomic E-state index is 5.31. The van der Waals surface area contributed by atoms with Gasteiger partial charge >= 0.3 is 8.80 Å². The lowest BCUT2D eigenvalue weighted by Crippen LogP contribution is -2.41. The third kappa shape index (κ3) is 3.81. The fraction of sp³-hybridized carbons (Fsp3) is 0.833. The van der Waals surface area contributed by atoms with Crippen LogP contribution in [0.4, 0.5) is 0 Å². The van der Waals surface area contributed by atoms with Crippen molar-refractivity contribution < 1.29 is 13.3 Å². The largest absolute Gasteiger partial charge is 0.562 e. The Morgan fingerprint density at radius 2 is 1.82 bits per heavy atom. The topological polar surface area (TPSA) is 27.7 Å². The van der Waals surface area contributed by atoms with Crippen LogP contribution in [0.25, 0.3) is 0 Å². The highest BCUT2D eigenvalue weighted by Crippen LogP contribution is 2.08. The molecule has 0 saturated carbocycles. The molecule has 0 spiro atoms. The Balaban J connectivity index is 3.96. The van der Waals surface area contributed by atoms with E-state index in [0.29, 0.717) is 11.5 Å². The van der Waals surface area contributed by atoms with Gasteiger partial charge in [-0.2, -0.15) is 0 Å². The fourth-order valence-electron chi connectivity index (χ4n) is 0.446. The van der Waals surface area contributed by atoms with Crippen LogP contribution in [0.3, 0.4) is 0 Å². The van der Waals surface area contributed by atoms with Gasteiger partial charge in [0.25, 0.3) is 0 Å². The summed E-state index contributed by atoms with van der Waals surface area (Å²) in [5.41, 5.74) is 0. The van der Waals surface area contributed by atoms with Crippen molar-refractivity contribution in [3.05, 3.63) is 0 Å². The first-order chi connectivity index (χ1) is 5.08. The summed E-state index contributed by atoms with van der Waals surface area (Å²) in [6, 6.07) is 0. The molecule has 0 saturated heterocycles. The molecule has 0 bridgehead atoms. The first kappa shape index (κ1) is 11.0. The molecule has 0 amide bonds. The minimum atomic E-state index is -2.42. The molecule has 0 N–H and O–H groups in total. The standard InChI is InChI=1S/C6H14O3SSi/c1-5-6(10)9-11(4,7-2)8-3/h5H2,1-4H3. The molecular weight excluding hydrogens is 180 g/mol. The van der Waals surface area contributed by atoms with E-state index >= 15 is 0 Å². The molecule has 0 atom stereocenters. The zero-order valence-corrected chi connectivity index (χ0v) is 9.16. The average Bonchev–Trinajstić information content (AvgIpc) is 2.04. The molecule has 0 aliphatic carbocycles. The highest BCUT2D eigenvalue weighted by Gasteiger charge is 2.34. The number of rotatable bonds is 4. The van der Waals surface area contributed by atoms with Crippen molar-refractivity contribution in [2.75, 3.05) is 14.2 Å². The van der Waals surface area contributed by atoms with Gasteiger partial charge in [-0.25, -0.2) is 0 Å². The third-order valence-electron chi connectivity index (χ3n) is 1.33. The van der Waals surface area contributed by atoms with Crippen LogP contribution in [0.2, 0.25) is 6.55 Å². The van der Waals surface area contributed by atoms with E-state index in [4.69, 9.17) is 25.5 Å². The van der Waals surface area contributed by atoms with Crippen LogP contribution >= 0.6 is 12.2 Å². The maximum Gasteiger partial charge on any atom is 0.562 e. The lowest BCUT2D eigenvalue weighted by Gasteiger charge is -2.22. The molecule has 11 heavy (non-hydrogen) atoms. The van der Waals surface area contributed by atoms with Gasteiger partial charge in [0.05, 0.1) is 0 Å². The van der Waals surface area contributed by atoms with Gasteiger partial charge in [-0.1, -0.05) is 6.92 Å². The number of hydrogen-bond donors (Lipinski definition) is 0. The van der Waals surface area contributed by atoms with Crippen molar-refractivity contribution in [2.24, 2.45) is 0 Å². The Hall–Kier alpha value is 0.0269. The Labute approximate surface area is 74.0 Å². The zero-order chi connectivity index (χ0) is 8.91. The van der Waals surface area contributed by atoms with E-state index in [2.05, 4.69) is 0 Å². The van der Waals surface area contributed by atoms with Gasteiger partial charge in [0.1, 0.15) is 5.05 Å². The lowest BCUT2D eigenvalue weighted by molar-refractivity contribution is 0.165. The summed E-state index contributed by atoms with van der Waals surface area (Å²) in [4.78, 5) is 0. The van der Waals surface area contributed by atoms with Crippen molar-refractivity contribution in [2.45, 2.75) is 19.9 Å². The Morgan fingerprint density at radius 1 is 1.36 bits per heavy atom. The summed E-state index contributed by atoms with van der Waals surface area (Å²) in [5.74, 6) is 0. The van der Waals surface area contributed by atoms with Crippen molar-refractivity contribution in [1.29, 1.82) is 0 Å². The lowest BCUT2D eigenvalue weighted by atomic mass is 10.5. The minimum Gasteiger partial charge on any atom is -0.495 e. The molecule has 0 radical (unpaired) electrons. The molecule has 0 unspecified atom stereocenters. The predicted molar refractivity (Wildman–Crippen MR) is 49.6 cm³/mol. The smallest absolute Gasteiger partial charge is 0.495 e. The predicted octanol–water partition coefficient (Wildman–Crippen LogP) is 1.60. The summed E-state index contributed by atoms with van der Waals surface area (Å²) in [6.07, 6.45) is 0.713. The van der Waals surface area contributed by atoms with Crippen LogP contribution in [0.1, 0.15) is 13.3 Å². The normalized spacial score (nSPS) is 11.3. The first-order valence-electron chi connectivity index (χ1n) is 3.40. The summed E-state index contributed by atoms with van der Waals surface area (Å²) in [5, 5.41) is 0.544. The van der Waals surface area contributed by atoms with Gasteiger partial charge in [0, 0.05) is 27.2 Å². The summed E-state index contributed by atoms with van der Waals surface area (Å²) in [7, 11) is 0.704. The second-order valence-electron chi connectivity index (χ2n) is 2.10. The van der Waals surface area contributed by atoms with Gasteiger partial charge in [0.2, 0.25) is 0 Å². The first-order valence-corrected chi connectivity index (χ1v) is 6.03. The number of thiocarbonyl (C=S) groups is 1. The summed E-state index contributed by atoms with van der Waals surface area (Å²) in [6.45, 7) is 3.73. The Bertz CT molecular complexity index is 136. The maximum absolute atomic E-state index is 5.31. The van der Waals surface area contributed by atoms with Gasteiger partial charge in [0.15, 0.2) is 0 Å². The van der Waals surface area contributed by atoms with Gasteiger partial charge in [-0.05, 0) is 12.2 Å². The highest BCUT2D eigenvalue weighted by atomic mass is 32.1. The van der Waals surface area contributed by atoms with Gasteiger partial charge < -0.3 is 13.3 Å². The Morgan fingerprint density at radius 3 is 2.09 bits per heavy atom. The molecule has 3 nitrogen and oxygen atoms in total. The van der Waals surface area contributed by atoms with Crippen molar-refractivity contribution in [3.63, 3.8) is 0 Å². The van der Waals surface area contributed by atoms with Crippen LogP contribution in [0.15, 0.2) is 0 Å². The molecule has 0 aliphatic heterocycles. The van der Waals surface area contributed by atoms with Crippen molar-refractivity contribution in [1.82, 2.24) is 0 Å². The van der Waals surface area contributed by atoms with Crippen LogP contribution in [-0.2, 0) is 13.3 Å². The molecule has 66 valence electrons. The molecule has 5 heteroatoms. The van der Waals surface area contributed by atoms with Gasteiger partial charge in [-0.3, -0.25) is 0 Å². The third-order valence-corrected chi connectivity index (χ3v) is 3.95. The monoisotopic (exact) mass is 194 g/mol. The second-order valence-corrected chi connectivity index (χ2v) is 5.30.